The van der Waals surface area contributed by atoms with Gasteiger partial charge in [0.05, 0.1) is 0 Å². The van der Waals surface area contributed by atoms with Crippen LogP contribution in [0, 0.1) is 4.91 Å². The van der Waals surface area contributed by atoms with Crippen molar-refractivity contribution in [3.8, 4) is 0 Å². The van der Waals surface area contributed by atoms with Crippen LogP contribution in [0.15, 0.2) is 5.34 Å². The van der Waals surface area contributed by atoms with Gasteiger partial charge in [-0.1, -0.05) is 0 Å². The summed E-state index contributed by atoms with van der Waals surface area (Å²) in [5.74, 6) is 0.167. The molecule has 8 heavy (non-hydrogen) atoms. The normalized spacial score (nSPS) is 4.75. The molecule has 0 aliphatic carbocycles. The van der Waals surface area contributed by atoms with Crippen LogP contribution in [0.5, 0.6) is 0 Å². The van der Waals surface area contributed by atoms with Crippen molar-refractivity contribution < 1.29 is 15.5 Å². The van der Waals surface area contributed by atoms with Crippen molar-refractivity contribution in [3.63, 3.8) is 0 Å². The maximum Gasteiger partial charge on any atom is 0.152 e. The van der Waals surface area contributed by atoms with Gasteiger partial charge in [0.25, 0.3) is 0 Å². The molecule has 3 N–H and O–H groups in total. The summed E-state index contributed by atoms with van der Waals surface area (Å²) in [7, 11) is 0. The first-order valence-corrected chi connectivity index (χ1v) is 1.59. The van der Waals surface area contributed by atoms with Gasteiger partial charge in [-0.15, -0.1) is 4.91 Å². The first-order valence-electron chi connectivity index (χ1n) is 1.59. The Morgan fingerprint density at radius 1 is 1.50 bits per heavy atom. The zero-order chi connectivity index (χ0) is 6.28. The zero-order valence-corrected chi connectivity index (χ0v) is 4.71. The lowest BCUT2D eigenvalue weighted by molar-refractivity contribution is -0.114. The molecule has 0 heterocycles. The van der Waals surface area contributed by atoms with Gasteiger partial charge in [0.15, 0.2) is 5.34 Å². The predicted octanol–water partition coefficient (Wildman–Crippen LogP) is -0.0874. The number of ketones is 1. The first kappa shape index (κ1) is 15.7. The molecular formula is C3H9NO4. The van der Waals surface area contributed by atoms with Crippen LogP contribution in [0.1, 0.15) is 13.8 Å². The van der Waals surface area contributed by atoms with Crippen molar-refractivity contribution in [2.75, 3.05) is 0 Å². The molecule has 0 radical (unpaired) electrons. The zero-order valence-electron chi connectivity index (χ0n) is 4.71. The summed E-state index contributed by atoms with van der Waals surface area (Å²) in [6.07, 6.45) is 0. The van der Waals surface area contributed by atoms with E-state index in [4.69, 9.17) is 10.1 Å². The van der Waals surface area contributed by atoms with Gasteiger partial charge in [0, 0.05) is 0 Å². The lowest BCUT2D eigenvalue weighted by Gasteiger charge is -1.56. The largest absolute Gasteiger partial charge is 0.412 e. The van der Waals surface area contributed by atoms with Crippen LogP contribution in [0.4, 0.5) is 0 Å². The van der Waals surface area contributed by atoms with E-state index in [2.05, 4.69) is 0 Å². The Balaban J connectivity index is -0.0000000575. The van der Waals surface area contributed by atoms with Crippen molar-refractivity contribution in [2.24, 2.45) is 5.34 Å². The summed E-state index contributed by atoms with van der Waals surface area (Å²) in [5, 5.41) is 7.89. The fraction of sp³-hybridized carbons (Fsp3) is 0.667. The fourth-order valence-corrected chi connectivity index (χ4v) is 0. The Hall–Kier alpha value is -0.970. The van der Waals surface area contributed by atoms with E-state index in [1.54, 1.807) is 0 Å². The van der Waals surface area contributed by atoms with Crippen LogP contribution in [0.25, 0.3) is 0 Å². The van der Waals surface area contributed by atoms with E-state index in [1.807, 2.05) is 0 Å². The van der Waals surface area contributed by atoms with Gasteiger partial charge in [0.2, 0.25) is 0 Å². The standard InChI is InChI=1S/C3H6O.HNO2.H2O/c1-3(2)4;2-1-3;/h1-2H3;(H,2,3);1H2. The topological polar surface area (TPSA) is 98.2 Å². The molecule has 0 rings (SSSR count). The highest BCUT2D eigenvalue weighted by Gasteiger charge is 1.62. The van der Waals surface area contributed by atoms with Gasteiger partial charge in [-0.25, -0.2) is 0 Å². The molecule has 0 spiro atoms. The van der Waals surface area contributed by atoms with Gasteiger partial charge in [-0.05, 0) is 13.8 Å². The second-order valence-electron chi connectivity index (χ2n) is 0.990. The molecule has 0 fully saturated rings. The van der Waals surface area contributed by atoms with Crippen LogP contribution in [-0.4, -0.2) is 16.5 Å². The minimum absolute atomic E-state index is 0. The maximum absolute atomic E-state index is 9.44. The highest BCUT2D eigenvalue weighted by molar-refractivity contribution is 5.72. The monoisotopic (exact) mass is 123 g/mol. The molecular weight excluding hydrogens is 114 g/mol. The number of rotatable bonds is 0. The minimum Gasteiger partial charge on any atom is -0.412 e. The molecule has 0 aromatic carbocycles. The van der Waals surface area contributed by atoms with E-state index in [1.165, 1.54) is 19.2 Å². The van der Waals surface area contributed by atoms with Crippen molar-refractivity contribution in [3.05, 3.63) is 4.91 Å². The SMILES string of the molecule is CC(C)=O.O.O=NO. The van der Waals surface area contributed by atoms with Crippen molar-refractivity contribution in [1.82, 2.24) is 0 Å². The Morgan fingerprint density at radius 3 is 1.50 bits per heavy atom. The van der Waals surface area contributed by atoms with Crippen molar-refractivity contribution in [2.45, 2.75) is 13.8 Å². The number of Topliss-reactive ketones (excluding diaryl/α,β-unsaturated/α-hetero) is 1. The molecule has 5 nitrogen and oxygen atoms in total. The Bertz CT molecular complexity index is 58.3. The van der Waals surface area contributed by atoms with Crippen LogP contribution in [-0.2, 0) is 4.79 Å². The molecule has 0 unspecified atom stereocenters. The van der Waals surface area contributed by atoms with Crippen LogP contribution in [0.3, 0.4) is 0 Å². The molecule has 0 bridgehead atoms. The smallest absolute Gasteiger partial charge is 0.152 e. The van der Waals surface area contributed by atoms with E-state index >= 15 is 0 Å². The fourth-order valence-electron chi connectivity index (χ4n) is 0. The molecule has 0 saturated carbocycles. The van der Waals surface area contributed by atoms with Crippen LogP contribution >= 0.6 is 0 Å². The molecule has 0 saturated heterocycles. The second-order valence-corrected chi connectivity index (χ2v) is 0.990. The third-order valence-corrected chi connectivity index (χ3v) is 0. The predicted molar refractivity (Wildman–Crippen MR) is 27.6 cm³/mol. The number of carbonyl (C=O) groups excluding carboxylic acids is 1. The molecule has 0 atom stereocenters. The van der Waals surface area contributed by atoms with Crippen LogP contribution in [0.2, 0.25) is 0 Å². The Labute approximate surface area is 46.6 Å². The molecule has 0 amide bonds. The highest BCUT2D eigenvalue weighted by Crippen LogP contribution is 1.50. The van der Waals surface area contributed by atoms with E-state index in [-0.39, 0.29) is 11.3 Å². The maximum atomic E-state index is 9.44. The summed E-state index contributed by atoms with van der Waals surface area (Å²) < 4.78 is 0. The van der Waals surface area contributed by atoms with Gasteiger partial charge >= 0.3 is 0 Å². The highest BCUT2D eigenvalue weighted by atomic mass is 16.6. The molecule has 0 aromatic heterocycles. The van der Waals surface area contributed by atoms with E-state index in [0.717, 1.165) is 0 Å². The number of carbonyl (C=O) groups is 1. The second kappa shape index (κ2) is 16.6. The Morgan fingerprint density at radius 2 is 1.50 bits per heavy atom. The molecule has 5 heteroatoms. The third-order valence-electron chi connectivity index (χ3n) is 0. The average molecular weight is 123 g/mol. The quantitative estimate of drug-likeness (QED) is 0.360. The van der Waals surface area contributed by atoms with Crippen molar-refractivity contribution >= 4 is 5.78 Å². The third kappa shape index (κ3) is 86.8. The molecule has 0 aliphatic rings. The van der Waals surface area contributed by atoms with Crippen molar-refractivity contribution in [1.29, 1.82) is 0 Å². The number of hydrogen-bond donors (Lipinski definition) is 1. The summed E-state index contributed by atoms with van der Waals surface area (Å²) in [6.45, 7) is 3.06. The van der Waals surface area contributed by atoms with Gasteiger partial charge in [-0.3, -0.25) is 0 Å². The lowest BCUT2D eigenvalue weighted by Crippen LogP contribution is -1.69. The van der Waals surface area contributed by atoms with Gasteiger partial charge in [0.1, 0.15) is 5.78 Å². The Kier molecular flexibility index (Phi) is 32.7. The molecule has 0 aliphatic heterocycles. The van der Waals surface area contributed by atoms with E-state index in [9.17, 15) is 4.79 Å². The summed E-state index contributed by atoms with van der Waals surface area (Å²) in [5.41, 5.74) is 0. The summed E-state index contributed by atoms with van der Waals surface area (Å²) in [4.78, 5) is 17.6. The van der Waals surface area contributed by atoms with Crippen LogP contribution < -0.4 is 0 Å². The lowest BCUT2D eigenvalue weighted by atomic mass is 10.6. The van der Waals surface area contributed by atoms with E-state index < -0.39 is 0 Å². The first-order chi connectivity index (χ1) is 3.15. The molecule has 50 valence electrons. The summed E-state index contributed by atoms with van der Waals surface area (Å²) in [6, 6.07) is 0. The number of hydrogen-bond acceptors (Lipinski definition) is 3. The van der Waals surface area contributed by atoms with Gasteiger partial charge < -0.3 is 15.5 Å². The average Bonchev–Trinajstić information content (AvgIpc) is 1.33. The number of nitrogens with zero attached hydrogens (tertiary/aromatic N) is 1. The minimum atomic E-state index is 0. The van der Waals surface area contributed by atoms with Gasteiger partial charge in [-0.2, -0.15) is 0 Å². The molecule has 0 aromatic rings. The summed E-state index contributed by atoms with van der Waals surface area (Å²) >= 11 is 0. The van der Waals surface area contributed by atoms with E-state index in [0.29, 0.717) is 0 Å².